The van der Waals surface area contributed by atoms with E-state index in [9.17, 15) is 4.39 Å². The molecule has 3 aromatic carbocycles. The van der Waals surface area contributed by atoms with Crippen molar-refractivity contribution in [1.29, 1.82) is 0 Å². The molecule has 0 aliphatic carbocycles. The van der Waals surface area contributed by atoms with Crippen LogP contribution in [0.4, 0.5) is 10.1 Å². The van der Waals surface area contributed by atoms with E-state index in [-0.39, 0.29) is 11.9 Å². The van der Waals surface area contributed by atoms with E-state index in [1.54, 1.807) is 19.1 Å². The smallest absolute Gasteiger partial charge is 0.126 e. The van der Waals surface area contributed by atoms with Gasteiger partial charge in [-0.1, -0.05) is 48.5 Å². The third-order valence-electron chi connectivity index (χ3n) is 5.78. The number of benzene rings is 3. The molecule has 1 fully saturated rings. The average molecular weight is 405 g/mol. The van der Waals surface area contributed by atoms with Crippen LogP contribution in [0, 0.1) is 12.7 Å². The van der Waals surface area contributed by atoms with Gasteiger partial charge in [0.1, 0.15) is 17.7 Å². The first-order chi connectivity index (χ1) is 14.7. The number of rotatable bonds is 7. The highest BCUT2D eigenvalue weighted by Crippen LogP contribution is 2.27. The van der Waals surface area contributed by atoms with Crippen molar-refractivity contribution in [1.82, 2.24) is 4.90 Å². The summed E-state index contributed by atoms with van der Waals surface area (Å²) in [5.74, 6) is 0.520. The van der Waals surface area contributed by atoms with E-state index in [4.69, 9.17) is 4.74 Å². The molecule has 0 radical (unpaired) electrons. The van der Waals surface area contributed by atoms with Crippen LogP contribution < -0.4 is 9.64 Å². The molecule has 0 amide bonds. The summed E-state index contributed by atoms with van der Waals surface area (Å²) in [6.07, 6.45) is 0.842. The normalized spacial score (nSPS) is 15.7. The van der Waals surface area contributed by atoms with Crippen LogP contribution in [-0.4, -0.2) is 37.6 Å². The third-order valence-corrected chi connectivity index (χ3v) is 5.78. The van der Waals surface area contributed by atoms with E-state index in [0.29, 0.717) is 5.56 Å². The lowest BCUT2D eigenvalue weighted by atomic mass is 10.1. The first-order valence-corrected chi connectivity index (χ1v) is 10.7. The lowest BCUT2D eigenvalue weighted by molar-refractivity contribution is 0.160. The number of ether oxygens (including phenoxy) is 1. The van der Waals surface area contributed by atoms with Crippen molar-refractivity contribution in [2.24, 2.45) is 0 Å². The van der Waals surface area contributed by atoms with Crippen molar-refractivity contribution in [2.45, 2.75) is 19.4 Å². The quantitative estimate of drug-likeness (QED) is 0.520. The molecule has 3 aromatic rings. The Balaban J connectivity index is 1.37. The van der Waals surface area contributed by atoms with E-state index in [1.807, 2.05) is 18.2 Å². The number of para-hydroxylation sites is 1. The lowest BCUT2D eigenvalue weighted by Gasteiger charge is -2.36. The predicted molar refractivity (Wildman–Crippen MR) is 121 cm³/mol. The van der Waals surface area contributed by atoms with Gasteiger partial charge in [0.05, 0.1) is 0 Å². The van der Waals surface area contributed by atoms with E-state index >= 15 is 0 Å². The van der Waals surface area contributed by atoms with Gasteiger partial charge in [-0.05, 0) is 48.4 Å². The molecule has 30 heavy (non-hydrogen) atoms. The monoisotopic (exact) mass is 404 g/mol. The summed E-state index contributed by atoms with van der Waals surface area (Å²) in [6.45, 7) is 6.92. The van der Waals surface area contributed by atoms with E-state index in [1.165, 1.54) is 11.8 Å². The van der Waals surface area contributed by atoms with Gasteiger partial charge in [-0.3, -0.25) is 4.90 Å². The molecular formula is C26H29FN2O. The summed E-state index contributed by atoms with van der Waals surface area (Å²) in [5.41, 5.74) is 3.06. The van der Waals surface area contributed by atoms with Crippen molar-refractivity contribution >= 4 is 5.69 Å². The second kappa shape index (κ2) is 9.77. The summed E-state index contributed by atoms with van der Waals surface area (Å²) >= 11 is 0. The molecule has 1 atom stereocenters. The second-order valence-corrected chi connectivity index (χ2v) is 7.88. The maximum atomic E-state index is 13.6. The van der Waals surface area contributed by atoms with Gasteiger partial charge in [-0.15, -0.1) is 0 Å². The molecule has 0 spiro atoms. The van der Waals surface area contributed by atoms with Crippen molar-refractivity contribution in [3.05, 3.63) is 95.8 Å². The van der Waals surface area contributed by atoms with Gasteiger partial charge in [0.2, 0.25) is 0 Å². The Morgan fingerprint density at radius 3 is 2.20 bits per heavy atom. The topological polar surface area (TPSA) is 15.7 Å². The first kappa shape index (κ1) is 20.4. The highest BCUT2D eigenvalue weighted by atomic mass is 19.1. The summed E-state index contributed by atoms with van der Waals surface area (Å²) in [5, 5.41) is 0. The molecular weight excluding hydrogens is 375 g/mol. The first-order valence-electron chi connectivity index (χ1n) is 10.7. The summed E-state index contributed by atoms with van der Waals surface area (Å²) < 4.78 is 20.0. The summed E-state index contributed by atoms with van der Waals surface area (Å²) in [7, 11) is 0. The molecule has 1 heterocycles. The van der Waals surface area contributed by atoms with Gasteiger partial charge in [-0.25, -0.2) is 4.39 Å². The average Bonchev–Trinajstić information content (AvgIpc) is 2.80. The highest BCUT2D eigenvalue weighted by molar-refractivity contribution is 5.46. The minimum Gasteiger partial charge on any atom is -0.486 e. The Labute approximate surface area is 178 Å². The highest BCUT2D eigenvalue weighted by Gasteiger charge is 2.20. The molecule has 1 aliphatic rings. The summed E-state index contributed by atoms with van der Waals surface area (Å²) in [4.78, 5) is 4.96. The molecule has 156 valence electrons. The molecule has 1 saturated heterocycles. The number of hydrogen-bond acceptors (Lipinski definition) is 3. The van der Waals surface area contributed by atoms with E-state index in [2.05, 4.69) is 52.3 Å². The van der Waals surface area contributed by atoms with Gasteiger partial charge in [0, 0.05) is 44.8 Å². The predicted octanol–water partition coefficient (Wildman–Crippen LogP) is 5.47. The fourth-order valence-corrected chi connectivity index (χ4v) is 3.98. The van der Waals surface area contributed by atoms with E-state index < -0.39 is 0 Å². The fraction of sp³-hybridized carbons (Fsp3) is 0.308. The van der Waals surface area contributed by atoms with Gasteiger partial charge in [0.25, 0.3) is 0 Å². The molecule has 0 saturated carbocycles. The number of piperazine rings is 1. The van der Waals surface area contributed by atoms with Crippen LogP contribution >= 0.6 is 0 Å². The molecule has 3 nitrogen and oxygen atoms in total. The minimum absolute atomic E-state index is 0.0526. The number of halogens is 1. The Kier molecular flexibility index (Phi) is 6.65. The van der Waals surface area contributed by atoms with E-state index in [0.717, 1.165) is 50.5 Å². The van der Waals surface area contributed by atoms with Crippen LogP contribution in [0.15, 0.2) is 78.9 Å². The molecule has 0 bridgehead atoms. The van der Waals surface area contributed by atoms with Crippen molar-refractivity contribution in [2.75, 3.05) is 37.6 Å². The van der Waals surface area contributed by atoms with Gasteiger partial charge >= 0.3 is 0 Å². The molecule has 1 aliphatic heterocycles. The third kappa shape index (κ3) is 5.19. The second-order valence-electron chi connectivity index (χ2n) is 7.88. The number of hydrogen-bond donors (Lipinski definition) is 0. The van der Waals surface area contributed by atoms with Gasteiger partial charge < -0.3 is 9.64 Å². The molecule has 4 heteroatoms. The van der Waals surface area contributed by atoms with Crippen molar-refractivity contribution < 1.29 is 9.13 Å². The minimum atomic E-state index is -0.199. The van der Waals surface area contributed by atoms with Crippen LogP contribution in [0.5, 0.6) is 5.75 Å². The Bertz CT molecular complexity index is 924. The van der Waals surface area contributed by atoms with Crippen LogP contribution in [0.3, 0.4) is 0 Å². The van der Waals surface area contributed by atoms with Crippen molar-refractivity contribution in [3.63, 3.8) is 0 Å². The number of aryl methyl sites for hydroxylation is 1. The van der Waals surface area contributed by atoms with Crippen LogP contribution in [0.1, 0.15) is 23.7 Å². The zero-order valence-corrected chi connectivity index (χ0v) is 17.5. The molecule has 0 aromatic heterocycles. The van der Waals surface area contributed by atoms with Crippen LogP contribution in [-0.2, 0) is 0 Å². The Morgan fingerprint density at radius 1 is 0.867 bits per heavy atom. The fourth-order valence-electron chi connectivity index (χ4n) is 3.98. The van der Waals surface area contributed by atoms with Gasteiger partial charge in [-0.2, -0.15) is 0 Å². The summed E-state index contributed by atoms with van der Waals surface area (Å²) in [6, 6.07) is 25.9. The number of nitrogens with zero attached hydrogens (tertiary/aromatic N) is 2. The van der Waals surface area contributed by atoms with Gasteiger partial charge in [0.15, 0.2) is 0 Å². The molecule has 0 N–H and O–H groups in total. The maximum absolute atomic E-state index is 13.6. The number of anilines is 1. The Hall–Kier alpha value is -2.85. The maximum Gasteiger partial charge on any atom is 0.126 e. The Morgan fingerprint density at radius 2 is 1.53 bits per heavy atom. The van der Waals surface area contributed by atoms with Crippen molar-refractivity contribution in [3.8, 4) is 5.75 Å². The zero-order valence-electron chi connectivity index (χ0n) is 17.5. The largest absolute Gasteiger partial charge is 0.486 e. The lowest BCUT2D eigenvalue weighted by Crippen LogP contribution is -2.46. The van der Waals surface area contributed by atoms with Crippen LogP contribution in [0.2, 0.25) is 0 Å². The molecule has 4 rings (SSSR count). The SMILES string of the molecule is Cc1cc(OC(CCN2CCN(c3ccccc3)CC2)c2ccccc2)ccc1F. The zero-order chi connectivity index (χ0) is 20.8. The standard InChI is InChI=1S/C26H29FN2O/c1-21-20-24(12-13-25(21)27)30-26(22-8-4-2-5-9-22)14-15-28-16-18-29(19-17-28)23-10-6-3-7-11-23/h2-13,20,26H,14-19H2,1H3. The molecule has 1 unspecified atom stereocenters. The van der Waals surface area contributed by atoms with Crippen LogP contribution in [0.25, 0.3) is 0 Å².